The largest absolute Gasteiger partial charge is 0.454 e. The van der Waals surface area contributed by atoms with E-state index in [1.807, 2.05) is 25.1 Å². The van der Waals surface area contributed by atoms with Crippen molar-refractivity contribution in [2.75, 3.05) is 6.79 Å². The summed E-state index contributed by atoms with van der Waals surface area (Å²) in [6.45, 7) is 4.14. The van der Waals surface area contributed by atoms with Gasteiger partial charge in [-0.2, -0.15) is 0 Å². The van der Waals surface area contributed by atoms with Gasteiger partial charge in [-0.05, 0) is 37.0 Å². The summed E-state index contributed by atoms with van der Waals surface area (Å²) in [4.78, 5) is 23.7. The fourth-order valence-corrected chi connectivity index (χ4v) is 2.35. The Morgan fingerprint density at radius 1 is 1.36 bits per heavy atom. The Morgan fingerprint density at radius 2 is 2.09 bits per heavy atom. The second kappa shape index (κ2) is 5.87. The molecule has 1 aliphatic heterocycles. The van der Waals surface area contributed by atoms with E-state index in [0.717, 1.165) is 12.0 Å². The number of amides is 1. The minimum absolute atomic E-state index is 0.0379. The number of esters is 1. The number of fused-ring (bicyclic) bond motifs is 1. The van der Waals surface area contributed by atoms with Crippen LogP contribution in [0.4, 0.5) is 0 Å². The zero-order valence-corrected chi connectivity index (χ0v) is 12.6. The van der Waals surface area contributed by atoms with Crippen LogP contribution in [0.1, 0.15) is 25.8 Å². The van der Waals surface area contributed by atoms with Gasteiger partial charge in [0.05, 0.1) is 5.92 Å². The van der Waals surface area contributed by atoms with E-state index >= 15 is 0 Å². The molecule has 0 saturated heterocycles. The molecule has 1 fully saturated rings. The van der Waals surface area contributed by atoms with Gasteiger partial charge in [-0.3, -0.25) is 9.59 Å². The van der Waals surface area contributed by atoms with E-state index in [1.165, 1.54) is 0 Å². The summed E-state index contributed by atoms with van der Waals surface area (Å²) in [5.74, 6) is 1.13. The second-order valence-electron chi connectivity index (χ2n) is 5.80. The lowest BCUT2D eigenvalue weighted by Crippen LogP contribution is -2.35. The van der Waals surface area contributed by atoms with Crippen LogP contribution in [-0.4, -0.2) is 24.8 Å². The Bertz CT molecular complexity index is 600. The van der Waals surface area contributed by atoms with Crippen LogP contribution in [0, 0.1) is 11.8 Å². The van der Waals surface area contributed by atoms with Crippen LogP contribution in [-0.2, 0) is 20.9 Å². The third-order valence-electron chi connectivity index (χ3n) is 3.98. The van der Waals surface area contributed by atoms with E-state index in [1.54, 1.807) is 6.92 Å². The Hall–Kier alpha value is -2.24. The number of carbonyl (C=O) groups is 2. The topological polar surface area (TPSA) is 73.9 Å². The third kappa shape index (κ3) is 3.16. The van der Waals surface area contributed by atoms with Crippen molar-refractivity contribution in [1.82, 2.24) is 5.32 Å². The van der Waals surface area contributed by atoms with Crippen LogP contribution in [0.15, 0.2) is 18.2 Å². The molecule has 3 rings (SSSR count). The first-order chi connectivity index (χ1) is 10.5. The second-order valence-corrected chi connectivity index (χ2v) is 5.80. The summed E-state index contributed by atoms with van der Waals surface area (Å²) in [6.07, 6.45) is 0.0685. The summed E-state index contributed by atoms with van der Waals surface area (Å²) in [5.41, 5.74) is 0.895. The fraction of sp³-hybridized carbons (Fsp3) is 0.500. The highest BCUT2D eigenvalue weighted by Gasteiger charge is 2.41. The number of hydrogen-bond donors (Lipinski definition) is 1. The highest BCUT2D eigenvalue weighted by atomic mass is 16.7. The van der Waals surface area contributed by atoms with Gasteiger partial charge in [0.15, 0.2) is 17.6 Å². The Kier molecular flexibility index (Phi) is 3.92. The van der Waals surface area contributed by atoms with Gasteiger partial charge in [0.2, 0.25) is 6.79 Å². The van der Waals surface area contributed by atoms with E-state index < -0.39 is 6.10 Å². The standard InChI is InChI=1S/C16H19NO5/c1-9-5-12(9)16(19)22-10(2)15(18)17-7-11-3-4-13-14(6-11)21-8-20-13/h3-4,6,9-10,12H,5,7-8H2,1-2H3,(H,17,18)/t9-,10+,12-/m1/s1. The van der Waals surface area contributed by atoms with Gasteiger partial charge >= 0.3 is 5.97 Å². The number of benzene rings is 1. The number of carbonyl (C=O) groups excluding carboxylic acids is 2. The Labute approximate surface area is 128 Å². The molecular weight excluding hydrogens is 286 g/mol. The summed E-state index contributed by atoms with van der Waals surface area (Å²) in [7, 11) is 0. The van der Waals surface area contributed by atoms with Crippen molar-refractivity contribution in [3.05, 3.63) is 23.8 Å². The number of ether oxygens (including phenoxy) is 3. The number of hydrogen-bond acceptors (Lipinski definition) is 5. The molecule has 0 radical (unpaired) electrons. The van der Waals surface area contributed by atoms with Crippen LogP contribution < -0.4 is 14.8 Å². The highest BCUT2D eigenvalue weighted by molar-refractivity contribution is 5.84. The molecule has 1 saturated carbocycles. The summed E-state index contributed by atoms with van der Waals surface area (Å²) in [6, 6.07) is 5.49. The molecular formula is C16H19NO5. The van der Waals surface area contributed by atoms with Crippen LogP contribution >= 0.6 is 0 Å². The van der Waals surface area contributed by atoms with Gasteiger partial charge < -0.3 is 19.5 Å². The van der Waals surface area contributed by atoms with E-state index in [9.17, 15) is 9.59 Å². The van der Waals surface area contributed by atoms with Crippen molar-refractivity contribution in [3.8, 4) is 11.5 Å². The van der Waals surface area contributed by atoms with Gasteiger partial charge in [0.25, 0.3) is 5.91 Å². The molecule has 1 aromatic carbocycles. The molecule has 0 spiro atoms. The van der Waals surface area contributed by atoms with Gasteiger partial charge in [-0.15, -0.1) is 0 Å². The SMILES string of the molecule is C[C@H](OC(=O)[C@@H]1C[C@H]1C)C(=O)NCc1ccc2c(c1)OCO2. The molecule has 1 aromatic rings. The van der Waals surface area contributed by atoms with Gasteiger partial charge in [-0.1, -0.05) is 13.0 Å². The minimum atomic E-state index is -0.783. The lowest BCUT2D eigenvalue weighted by molar-refractivity contribution is -0.156. The van der Waals surface area contributed by atoms with E-state index in [2.05, 4.69) is 5.32 Å². The van der Waals surface area contributed by atoms with Crippen LogP contribution in [0.3, 0.4) is 0 Å². The molecule has 2 aliphatic rings. The van der Waals surface area contributed by atoms with Gasteiger partial charge in [-0.25, -0.2) is 0 Å². The summed E-state index contributed by atoms with van der Waals surface area (Å²) in [5, 5.41) is 2.75. The summed E-state index contributed by atoms with van der Waals surface area (Å²) >= 11 is 0. The van der Waals surface area contributed by atoms with Crippen molar-refractivity contribution in [3.63, 3.8) is 0 Å². The molecule has 118 valence electrons. The molecule has 3 atom stereocenters. The zero-order chi connectivity index (χ0) is 15.7. The normalized spacial score (nSPS) is 22.8. The van der Waals surface area contributed by atoms with Crippen molar-refractivity contribution < 1.29 is 23.8 Å². The maximum atomic E-state index is 12.0. The number of rotatable bonds is 5. The van der Waals surface area contributed by atoms with E-state index in [-0.39, 0.29) is 24.6 Å². The molecule has 1 heterocycles. The van der Waals surface area contributed by atoms with Crippen molar-refractivity contribution in [2.45, 2.75) is 32.9 Å². The lowest BCUT2D eigenvalue weighted by Gasteiger charge is -2.13. The molecule has 0 aromatic heterocycles. The average molecular weight is 305 g/mol. The van der Waals surface area contributed by atoms with Crippen molar-refractivity contribution in [2.24, 2.45) is 11.8 Å². The van der Waals surface area contributed by atoms with Crippen LogP contribution in [0.25, 0.3) is 0 Å². The minimum Gasteiger partial charge on any atom is -0.454 e. The molecule has 22 heavy (non-hydrogen) atoms. The predicted octanol–water partition coefficient (Wildman–Crippen LogP) is 1.62. The third-order valence-corrected chi connectivity index (χ3v) is 3.98. The first-order valence-electron chi connectivity index (χ1n) is 7.41. The molecule has 0 unspecified atom stereocenters. The van der Waals surface area contributed by atoms with Crippen molar-refractivity contribution >= 4 is 11.9 Å². The van der Waals surface area contributed by atoms with Crippen LogP contribution in [0.5, 0.6) is 11.5 Å². The maximum Gasteiger partial charge on any atom is 0.309 e. The first-order valence-corrected chi connectivity index (χ1v) is 7.41. The van der Waals surface area contributed by atoms with Gasteiger partial charge in [0.1, 0.15) is 0 Å². The smallest absolute Gasteiger partial charge is 0.309 e. The maximum absolute atomic E-state index is 12.0. The summed E-state index contributed by atoms with van der Waals surface area (Å²) < 4.78 is 15.7. The Balaban J connectivity index is 1.48. The fourth-order valence-electron chi connectivity index (χ4n) is 2.35. The van der Waals surface area contributed by atoms with Crippen molar-refractivity contribution in [1.29, 1.82) is 0 Å². The Morgan fingerprint density at radius 3 is 2.82 bits per heavy atom. The first kappa shape index (κ1) is 14.7. The van der Waals surface area contributed by atoms with Gasteiger partial charge in [0, 0.05) is 6.54 Å². The quantitative estimate of drug-likeness (QED) is 0.837. The zero-order valence-electron chi connectivity index (χ0n) is 12.6. The molecule has 6 heteroatoms. The molecule has 0 bridgehead atoms. The van der Waals surface area contributed by atoms with Crippen LogP contribution in [0.2, 0.25) is 0 Å². The average Bonchev–Trinajstić information content (AvgIpc) is 3.06. The molecule has 1 amide bonds. The predicted molar refractivity (Wildman–Crippen MR) is 77.2 cm³/mol. The molecule has 1 aliphatic carbocycles. The lowest BCUT2D eigenvalue weighted by atomic mass is 10.2. The molecule has 1 N–H and O–H groups in total. The molecule has 6 nitrogen and oxygen atoms in total. The van der Waals surface area contributed by atoms with E-state index in [4.69, 9.17) is 14.2 Å². The highest BCUT2D eigenvalue weighted by Crippen LogP contribution is 2.38. The van der Waals surface area contributed by atoms with E-state index in [0.29, 0.717) is 24.0 Å². The monoisotopic (exact) mass is 305 g/mol. The number of nitrogens with one attached hydrogen (secondary N) is 1.